The van der Waals surface area contributed by atoms with Crippen LogP contribution in [0.25, 0.3) is 0 Å². The zero-order valence-electron chi connectivity index (χ0n) is 17.3. The van der Waals surface area contributed by atoms with E-state index in [1.165, 1.54) is 25.0 Å². The Bertz CT molecular complexity index is 660. The number of allylic oxidation sites excluding steroid dienone is 1. The lowest BCUT2D eigenvalue weighted by Crippen LogP contribution is -2.31. The summed E-state index contributed by atoms with van der Waals surface area (Å²) < 4.78 is 51.5. The maximum absolute atomic E-state index is 14.3. The van der Waals surface area contributed by atoms with E-state index in [9.17, 15) is 13.2 Å². The second kappa shape index (κ2) is 11.1. The van der Waals surface area contributed by atoms with Crippen molar-refractivity contribution in [3.8, 4) is 5.75 Å². The molecule has 0 amide bonds. The van der Waals surface area contributed by atoms with Gasteiger partial charge in [-0.1, -0.05) is 31.1 Å². The molecule has 162 valence electrons. The molecule has 0 N–H and O–H groups in total. The van der Waals surface area contributed by atoms with Gasteiger partial charge in [-0.2, -0.15) is 4.39 Å². The van der Waals surface area contributed by atoms with Gasteiger partial charge in [0.15, 0.2) is 11.6 Å². The van der Waals surface area contributed by atoms with Crippen LogP contribution >= 0.6 is 0 Å². The van der Waals surface area contributed by atoms with Gasteiger partial charge in [-0.3, -0.25) is 0 Å². The number of aryl methyl sites for hydroxylation is 1. The summed E-state index contributed by atoms with van der Waals surface area (Å²) in [6.07, 6.45) is 11.7. The molecular formula is C24H33F3O2. The van der Waals surface area contributed by atoms with Crippen molar-refractivity contribution in [1.29, 1.82) is 0 Å². The molecule has 2 aliphatic rings. The van der Waals surface area contributed by atoms with Gasteiger partial charge in [-0.25, -0.2) is 8.78 Å². The van der Waals surface area contributed by atoms with E-state index in [0.717, 1.165) is 38.7 Å². The van der Waals surface area contributed by atoms with Crippen LogP contribution in [0.4, 0.5) is 13.2 Å². The lowest BCUT2D eigenvalue weighted by atomic mass is 9.72. The molecule has 2 unspecified atom stereocenters. The van der Waals surface area contributed by atoms with E-state index < -0.39 is 18.3 Å². The first-order valence-electron chi connectivity index (χ1n) is 11.1. The summed E-state index contributed by atoms with van der Waals surface area (Å²) in [4.78, 5) is 0. The van der Waals surface area contributed by atoms with Gasteiger partial charge in [-0.05, 0) is 74.8 Å². The van der Waals surface area contributed by atoms with Crippen LogP contribution in [-0.2, 0) is 11.2 Å². The molecule has 1 aromatic rings. The van der Waals surface area contributed by atoms with E-state index >= 15 is 0 Å². The minimum atomic E-state index is -0.870. The van der Waals surface area contributed by atoms with Crippen molar-refractivity contribution >= 4 is 0 Å². The quantitative estimate of drug-likeness (QED) is 0.460. The fourth-order valence-electron chi connectivity index (χ4n) is 4.86. The zero-order valence-corrected chi connectivity index (χ0v) is 17.3. The van der Waals surface area contributed by atoms with Crippen molar-refractivity contribution in [1.82, 2.24) is 0 Å². The average Bonchev–Trinajstić information content (AvgIpc) is 2.76. The molecule has 1 aromatic carbocycles. The van der Waals surface area contributed by atoms with E-state index in [0.29, 0.717) is 36.3 Å². The van der Waals surface area contributed by atoms with Crippen molar-refractivity contribution < 1.29 is 22.6 Å². The first-order valence-corrected chi connectivity index (χ1v) is 11.1. The van der Waals surface area contributed by atoms with Crippen LogP contribution in [-0.4, -0.2) is 26.0 Å². The monoisotopic (exact) mass is 410 g/mol. The Kier molecular flexibility index (Phi) is 8.46. The Morgan fingerprint density at radius 3 is 2.45 bits per heavy atom. The Morgan fingerprint density at radius 2 is 1.79 bits per heavy atom. The van der Waals surface area contributed by atoms with Crippen LogP contribution < -0.4 is 4.74 Å². The topological polar surface area (TPSA) is 18.5 Å². The molecule has 0 spiro atoms. The number of benzene rings is 1. The molecule has 2 fully saturated rings. The van der Waals surface area contributed by atoms with E-state index in [-0.39, 0.29) is 11.9 Å². The molecule has 1 saturated heterocycles. The smallest absolute Gasteiger partial charge is 0.200 e. The van der Waals surface area contributed by atoms with Gasteiger partial charge in [-0.15, -0.1) is 0 Å². The summed E-state index contributed by atoms with van der Waals surface area (Å²) in [5.74, 6) is 0.224. The van der Waals surface area contributed by atoms with Crippen LogP contribution in [0.3, 0.4) is 0 Å². The molecule has 3 rings (SSSR count). The summed E-state index contributed by atoms with van der Waals surface area (Å²) in [6.45, 7) is 2.41. The number of halogens is 3. The van der Waals surface area contributed by atoms with Crippen LogP contribution in [0.1, 0.15) is 57.4 Å². The van der Waals surface area contributed by atoms with Crippen LogP contribution in [0.5, 0.6) is 5.75 Å². The Morgan fingerprint density at radius 1 is 1.03 bits per heavy atom. The van der Waals surface area contributed by atoms with Gasteiger partial charge in [0.05, 0.1) is 19.3 Å². The first-order chi connectivity index (χ1) is 14.1. The highest BCUT2D eigenvalue weighted by Crippen LogP contribution is 2.39. The van der Waals surface area contributed by atoms with Crippen LogP contribution in [0, 0.1) is 29.4 Å². The predicted molar refractivity (Wildman–Crippen MR) is 109 cm³/mol. The standard InChI is InChI=1S/C24H33F3O2/c1-2-28-22-14-12-19(23(26)24(22)27)10-7-17-5-8-18(9-6-17)20-11-13-21(29-16-20)4-3-15-25/h3-4,12,14,17-18,20-21H,2,5-11,13,15-16H2,1H3/b4-3+. The van der Waals surface area contributed by atoms with E-state index in [1.807, 2.05) is 6.08 Å². The fourth-order valence-corrected chi connectivity index (χ4v) is 4.86. The van der Waals surface area contributed by atoms with Crippen molar-refractivity contribution in [2.24, 2.45) is 17.8 Å². The molecule has 29 heavy (non-hydrogen) atoms. The highest BCUT2D eigenvalue weighted by Gasteiger charge is 2.31. The molecule has 2 atom stereocenters. The fraction of sp³-hybridized carbons (Fsp3) is 0.667. The molecule has 1 aliphatic heterocycles. The SMILES string of the molecule is CCOc1ccc(CCC2CCC(C3CCC(/C=C/CF)OC3)CC2)c(F)c1F. The van der Waals surface area contributed by atoms with Crippen molar-refractivity contribution in [2.75, 3.05) is 19.9 Å². The summed E-state index contributed by atoms with van der Waals surface area (Å²) in [7, 11) is 0. The van der Waals surface area contributed by atoms with Gasteiger partial charge < -0.3 is 9.47 Å². The number of hydrogen-bond acceptors (Lipinski definition) is 2. The molecule has 2 nitrogen and oxygen atoms in total. The van der Waals surface area contributed by atoms with Crippen molar-refractivity contribution in [2.45, 2.75) is 64.4 Å². The van der Waals surface area contributed by atoms with Gasteiger partial charge in [0, 0.05) is 0 Å². The zero-order chi connectivity index (χ0) is 20.6. The number of ether oxygens (including phenoxy) is 2. The molecular weight excluding hydrogens is 377 g/mol. The van der Waals surface area contributed by atoms with Gasteiger partial charge >= 0.3 is 0 Å². The molecule has 1 heterocycles. The first kappa shape index (κ1) is 22.2. The van der Waals surface area contributed by atoms with E-state index in [2.05, 4.69) is 0 Å². The van der Waals surface area contributed by atoms with Crippen molar-refractivity contribution in [3.63, 3.8) is 0 Å². The maximum atomic E-state index is 14.3. The predicted octanol–water partition coefficient (Wildman–Crippen LogP) is 6.42. The third kappa shape index (κ3) is 6.00. The van der Waals surface area contributed by atoms with Crippen molar-refractivity contribution in [3.05, 3.63) is 41.5 Å². The highest BCUT2D eigenvalue weighted by atomic mass is 19.2. The molecule has 1 aliphatic carbocycles. The summed E-state index contributed by atoms with van der Waals surface area (Å²) in [5.41, 5.74) is 0.445. The van der Waals surface area contributed by atoms with E-state index in [4.69, 9.17) is 9.47 Å². The lowest BCUT2D eigenvalue weighted by Gasteiger charge is -2.37. The third-order valence-electron chi connectivity index (χ3n) is 6.59. The minimum Gasteiger partial charge on any atom is -0.491 e. The molecule has 0 radical (unpaired) electrons. The van der Waals surface area contributed by atoms with Gasteiger partial charge in [0.2, 0.25) is 5.82 Å². The molecule has 0 aromatic heterocycles. The third-order valence-corrected chi connectivity index (χ3v) is 6.59. The lowest BCUT2D eigenvalue weighted by molar-refractivity contribution is -0.0168. The minimum absolute atomic E-state index is 0.00798. The highest BCUT2D eigenvalue weighted by molar-refractivity contribution is 5.31. The Balaban J connectivity index is 1.42. The van der Waals surface area contributed by atoms with Gasteiger partial charge in [0.1, 0.15) is 6.67 Å². The summed E-state index contributed by atoms with van der Waals surface area (Å²) >= 11 is 0. The summed E-state index contributed by atoms with van der Waals surface area (Å²) in [6, 6.07) is 3.19. The Hall–Kier alpha value is -1.49. The largest absolute Gasteiger partial charge is 0.491 e. The molecule has 5 heteroatoms. The maximum Gasteiger partial charge on any atom is 0.200 e. The normalized spacial score (nSPS) is 28.0. The second-order valence-electron chi connectivity index (χ2n) is 8.39. The average molecular weight is 411 g/mol. The van der Waals surface area contributed by atoms with Gasteiger partial charge in [0.25, 0.3) is 0 Å². The summed E-state index contributed by atoms with van der Waals surface area (Å²) in [5, 5.41) is 0. The van der Waals surface area contributed by atoms with E-state index in [1.54, 1.807) is 13.0 Å². The number of hydrogen-bond donors (Lipinski definition) is 0. The van der Waals surface area contributed by atoms with Crippen LogP contribution in [0.2, 0.25) is 0 Å². The second-order valence-corrected chi connectivity index (χ2v) is 8.39. The van der Waals surface area contributed by atoms with Crippen LogP contribution in [0.15, 0.2) is 24.3 Å². The number of rotatable bonds is 8. The molecule has 0 bridgehead atoms. The number of alkyl halides is 1. The Labute approximate surface area is 172 Å². The molecule has 1 saturated carbocycles.